The van der Waals surface area contributed by atoms with Gasteiger partial charge in [-0.3, -0.25) is 4.98 Å². The number of fused-ring (bicyclic) bond motifs is 4. The van der Waals surface area contributed by atoms with Crippen LogP contribution >= 0.6 is 0 Å². The summed E-state index contributed by atoms with van der Waals surface area (Å²) in [7, 11) is 0. The molecule has 4 unspecified atom stereocenters. The Kier molecular flexibility index (Phi) is 6.30. The first kappa shape index (κ1) is 25.1. The van der Waals surface area contributed by atoms with Gasteiger partial charge in [-0.1, -0.05) is 25.1 Å². The maximum atomic E-state index is 13.6. The lowest BCUT2D eigenvalue weighted by Crippen LogP contribution is -2.66. The van der Waals surface area contributed by atoms with E-state index in [2.05, 4.69) is 11.9 Å². The van der Waals surface area contributed by atoms with Crippen LogP contribution in [0.5, 0.6) is 0 Å². The molecule has 6 rings (SSSR count). The van der Waals surface area contributed by atoms with Gasteiger partial charge in [0.1, 0.15) is 6.54 Å². The fourth-order valence-electron chi connectivity index (χ4n) is 6.65. The van der Waals surface area contributed by atoms with Crippen LogP contribution in [0, 0.1) is 11.8 Å². The standard InChI is InChI=1S/C28H29F6N2/c1-2-19-17-36(16-18-11-22(27(29,30)31)15-23(12-18)28(32,33)34)10-8-20(19)13-24(36)14-21-7-9-35-26-6-4-3-5-25(21)26/h3-7,9,11-12,15,19-20,24H,2,8,10,13-14,16-17H2,1H3/q+1. The minimum atomic E-state index is -4.84. The third-order valence-corrected chi connectivity index (χ3v) is 8.42. The van der Waals surface area contributed by atoms with Gasteiger partial charge in [0.2, 0.25) is 0 Å². The molecule has 3 aliphatic heterocycles. The molecular formula is C28H29F6N2+. The number of quaternary nitrogens is 1. The molecule has 3 aliphatic rings. The molecule has 0 saturated carbocycles. The van der Waals surface area contributed by atoms with Gasteiger partial charge in [0.15, 0.2) is 0 Å². The second kappa shape index (κ2) is 9.05. The van der Waals surface area contributed by atoms with E-state index in [4.69, 9.17) is 0 Å². The van der Waals surface area contributed by atoms with E-state index in [0.29, 0.717) is 16.3 Å². The summed E-state index contributed by atoms with van der Waals surface area (Å²) >= 11 is 0. The van der Waals surface area contributed by atoms with E-state index in [1.807, 2.05) is 30.3 Å². The van der Waals surface area contributed by atoms with Gasteiger partial charge in [-0.25, -0.2) is 0 Å². The number of para-hydroxylation sites is 1. The summed E-state index contributed by atoms with van der Waals surface area (Å²) < 4.78 is 81.8. The summed E-state index contributed by atoms with van der Waals surface area (Å²) in [6, 6.07) is 12.0. The SMILES string of the molecule is CCC1C[N+]2(Cc3cc(C(F)(F)F)cc(C(F)(F)F)c3)CCC1CC2Cc1ccnc2ccccc12. The van der Waals surface area contributed by atoms with Crippen molar-refractivity contribution in [3.63, 3.8) is 0 Å². The molecule has 0 aliphatic carbocycles. The maximum absolute atomic E-state index is 13.6. The van der Waals surface area contributed by atoms with Crippen molar-refractivity contribution in [3.8, 4) is 0 Å². The zero-order chi connectivity index (χ0) is 25.7. The average Bonchev–Trinajstić information content (AvgIpc) is 2.83. The third kappa shape index (κ3) is 4.72. The van der Waals surface area contributed by atoms with Crippen LogP contribution in [0.1, 0.15) is 48.4 Å². The summed E-state index contributed by atoms with van der Waals surface area (Å²) in [5.74, 6) is 0.970. The fourth-order valence-corrected chi connectivity index (χ4v) is 6.65. The lowest BCUT2D eigenvalue weighted by Gasteiger charge is -2.57. The van der Waals surface area contributed by atoms with E-state index >= 15 is 0 Å². The molecule has 2 bridgehead atoms. The van der Waals surface area contributed by atoms with Gasteiger partial charge >= 0.3 is 12.4 Å². The second-order valence-corrected chi connectivity index (χ2v) is 10.5. The number of pyridine rings is 1. The topological polar surface area (TPSA) is 12.9 Å². The van der Waals surface area contributed by atoms with E-state index in [9.17, 15) is 26.3 Å². The molecule has 2 aromatic carbocycles. The smallest absolute Gasteiger partial charge is 0.317 e. The highest BCUT2D eigenvalue weighted by Crippen LogP contribution is 2.46. The summed E-state index contributed by atoms with van der Waals surface area (Å²) in [5.41, 5.74) is -0.348. The molecular weight excluding hydrogens is 478 g/mol. The average molecular weight is 508 g/mol. The molecule has 0 radical (unpaired) electrons. The predicted molar refractivity (Wildman–Crippen MR) is 126 cm³/mol. The number of piperidine rings is 3. The quantitative estimate of drug-likeness (QED) is 0.255. The molecule has 3 aromatic rings. The summed E-state index contributed by atoms with van der Waals surface area (Å²) in [6.07, 6.45) is -4.33. The Bertz CT molecular complexity index is 1210. The van der Waals surface area contributed by atoms with Crippen LogP contribution in [0.2, 0.25) is 0 Å². The number of hydrogen-bond acceptors (Lipinski definition) is 1. The van der Waals surface area contributed by atoms with Gasteiger partial charge < -0.3 is 4.48 Å². The minimum absolute atomic E-state index is 0.108. The van der Waals surface area contributed by atoms with Gasteiger partial charge in [0, 0.05) is 42.3 Å². The Morgan fingerprint density at radius 3 is 2.31 bits per heavy atom. The third-order valence-electron chi connectivity index (χ3n) is 8.42. The largest absolute Gasteiger partial charge is 0.416 e. The van der Waals surface area contributed by atoms with Crippen LogP contribution in [-0.2, 0) is 25.3 Å². The van der Waals surface area contributed by atoms with Crippen LogP contribution in [0.25, 0.3) is 10.9 Å². The lowest BCUT2D eigenvalue weighted by atomic mass is 9.71. The molecule has 0 amide bonds. The molecule has 3 fully saturated rings. The molecule has 2 nitrogen and oxygen atoms in total. The predicted octanol–water partition coefficient (Wildman–Crippen LogP) is 7.65. The fraction of sp³-hybridized carbons (Fsp3) is 0.464. The van der Waals surface area contributed by atoms with Crippen molar-refractivity contribution in [2.45, 2.75) is 57.5 Å². The Hall–Kier alpha value is -2.61. The Balaban J connectivity index is 1.55. The molecule has 0 N–H and O–H groups in total. The molecule has 3 saturated heterocycles. The van der Waals surface area contributed by atoms with E-state index in [1.54, 1.807) is 6.20 Å². The Morgan fingerprint density at radius 2 is 1.64 bits per heavy atom. The van der Waals surface area contributed by atoms with E-state index in [0.717, 1.165) is 67.4 Å². The van der Waals surface area contributed by atoms with Crippen molar-refractivity contribution in [2.75, 3.05) is 13.1 Å². The number of rotatable bonds is 5. The highest BCUT2D eigenvalue weighted by Gasteiger charge is 2.51. The van der Waals surface area contributed by atoms with Crippen molar-refractivity contribution in [2.24, 2.45) is 11.8 Å². The zero-order valence-corrected chi connectivity index (χ0v) is 20.0. The number of aromatic nitrogens is 1. The number of nitrogens with zero attached hydrogens (tertiary/aromatic N) is 2. The first-order chi connectivity index (χ1) is 17.0. The van der Waals surface area contributed by atoms with Crippen LogP contribution in [-0.4, -0.2) is 28.6 Å². The highest BCUT2D eigenvalue weighted by atomic mass is 19.4. The van der Waals surface area contributed by atoms with E-state index in [-0.39, 0.29) is 24.2 Å². The van der Waals surface area contributed by atoms with Crippen molar-refractivity contribution in [1.29, 1.82) is 0 Å². The molecule has 36 heavy (non-hydrogen) atoms. The van der Waals surface area contributed by atoms with Crippen molar-refractivity contribution < 1.29 is 30.8 Å². The number of alkyl halides is 6. The molecule has 4 heterocycles. The molecule has 8 heteroatoms. The summed E-state index contributed by atoms with van der Waals surface area (Å²) in [5, 5.41) is 1.05. The number of halogens is 6. The van der Waals surface area contributed by atoms with Crippen LogP contribution in [0.3, 0.4) is 0 Å². The van der Waals surface area contributed by atoms with Crippen LogP contribution in [0.4, 0.5) is 26.3 Å². The van der Waals surface area contributed by atoms with Gasteiger partial charge in [-0.15, -0.1) is 0 Å². The van der Waals surface area contributed by atoms with E-state index < -0.39 is 23.5 Å². The lowest BCUT2D eigenvalue weighted by molar-refractivity contribution is -0.982. The Morgan fingerprint density at radius 1 is 0.944 bits per heavy atom. The Labute approximate surface area is 206 Å². The summed E-state index contributed by atoms with van der Waals surface area (Å²) in [4.78, 5) is 4.44. The first-order valence-corrected chi connectivity index (χ1v) is 12.5. The minimum Gasteiger partial charge on any atom is -0.317 e. The van der Waals surface area contributed by atoms with Crippen molar-refractivity contribution in [1.82, 2.24) is 4.98 Å². The molecule has 192 valence electrons. The van der Waals surface area contributed by atoms with Gasteiger partial charge in [0.25, 0.3) is 0 Å². The molecule has 0 spiro atoms. The van der Waals surface area contributed by atoms with Crippen molar-refractivity contribution >= 4 is 10.9 Å². The highest BCUT2D eigenvalue weighted by molar-refractivity contribution is 5.81. The van der Waals surface area contributed by atoms with Crippen LogP contribution in [0.15, 0.2) is 54.7 Å². The van der Waals surface area contributed by atoms with E-state index in [1.165, 1.54) is 0 Å². The van der Waals surface area contributed by atoms with Gasteiger partial charge in [0.05, 0.1) is 35.8 Å². The monoisotopic (exact) mass is 507 g/mol. The molecule has 4 atom stereocenters. The first-order valence-electron chi connectivity index (χ1n) is 12.5. The maximum Gasteiger partial charge on any atom is 0.416 e. The summed E-state index contributed by atoms with van der Waals surface area (Å²) in [6.45, 7) is 3.85. The number of hydrogen-bond donors (Lipinski definition) is 0. The zero-order valence-electron chi connectivity index (χ0n) is 20.0. The van der Waals surface area contributed by atoms with Crippen LogP contribution < -0.4 is 0 Å². The number of benzene rings is 2. The van der Waals surface area contributed by atoms with Gasteiger partial charge in [-0.05, 0) is 48.2 Å². The molecule has 1 aromatic heterocycles. The van der Waals surface area contributed by atoms with Crippen molar-refractivity contribution in [3.05, 3.63) is 77.0 Å². The second-order valence-electron chi connectivity index (χ2n) is 10.5. The normalized spacial score (nSPS) is 26.5. The van der Waals surface area contributed by atoms with Gasteiger partial charge in [-0.2, -0.15) is 26.3 Å².